The van der Waals surface area contributed by atoms with Crippen molar-refractivity contribution in [1.82, 2.24) is 4.90 Å². The van der Waals surface area contributed by atoms with Gasteiger partial charge in [-0.3, -0.25) is 14.7 Å². The lowest BCUT2D eigenvalue weighted by atomic mass is 9.78. The molecule has 0 bridgehead atoms. The standard InChI is InChI=1S/C26H32N5O3P/c1-19-12-13-21(31(32)33)16-22(19)28-35(34)25-23(27-30(35)20-10-6-4-7-11-20)17-26(2,3)18-24(25)29-14-8-5-9-15-29/h4,6-7,10-13,16H,5,8-9,14-15,17-18H2,1-3H3,(H,28,34)/t35-/m0/s1. The number of fused-ring (bicyclic) bond motifs is 1. The van der Waals surface area contributed by atoms with Crippen LogP contribution >= 0.6 is 7.44 Å². The molecule has 9 heteroatoms. The first kappa shape index (κ1) is 23.6. The zero-order valence-corrected chi connectivity index (χ0v) is 21.4. The molecule has 0 saturated carbocycles. The number of piperidine rings is 1. The molecule has 0 amide bonds. The first-order valence-corrected chi connectivity index (χ1v) is 13.9. The average molecular weight is 494 g/mol. The average Bonchev–Trinajstić information content (AvgIpc) is 3.11. The number of anilines is 2. The van der Waals surface area contributed by atoms with E-state index in [1.807, 2.05) is 37.3 Å². The molecular weight excluding hydrogens is 461 g/mol. The topological polar surface area (TPSA) is 91.1 Å². The molecule has 0 spiro atoms. The minimum Gasteiger partial charge on any atom is -0.374 e. The number of hydrogen-bond donors (Lipinski definition) is 1. The van der Waals surface area contributed by atoms with Gasteiger partial charge >= 0.3 is 7.44 Å². The van der Waals surface area contributed by atoms with Crippen molar-refractivity contribution in [2.45, 2.75) is 52.9 Å². The van der Waals surface area contributed by atoms with E-state index in [-0.39, 0.29) is 11.1 Å². The van der Waals surface area contributed by atoms with Crippen molar-refractivity contribution < 1.29 is 9.49 Å². The van der Waals surface area contributed by atoms with E-state index in [1.54, 1.807) is 10.8 Å². The molecule has 0 radical (unpaired) electrons. The number of benzene rings is 2. The van der Waals surface area contributed by atoms with E-state index < -0.39 is 12.4 Å². The van der Waals surface area contributed by atoms with Gasteiger partial charge in [0, 0.05) is 30.9 Å². The Hall–Kier alpha value is -3.12. The number of nitro benzene ring substituents is 1. The molecule has 1 N–H and O–H groups in total. The molecule has 35 heavy (non-hydrogen) atoms. The molecule has 1 atom stereocenters. The third kappa shape index (κ3) is 4.36. The Kier molecular flexibility index (Phi) is 5.96. The van der Waals surface area contributed by atoms with Crippen LogP contribution in [0.5, 0.6) is 0 Å². The van der Waals surface area contributed by atoms with E-state index in [0.717, 1.165) is 66.7 Å². The summed E-state index contributed by atoms with van der Waals surface area (Å²) in [5, 5.41) is 20.5. The van der Waals surface area contributed by atoms with Crippen LogP contribution in [0.4, 0.5) is 17.1 Å². The molecule has 2 aliphatic heterocycles. The summed E-state index contributed by atoms with van der Waals surface area (Å²) in [6, 6.07) is 14.2. The van der Waals surface area contributed by atoms with Crippen molar-refractivity contribution >= 4 is 30.2 Å². The monoisotopic (exact) mass is 493 g/mol. The Bertz CT molecular complexity index is 1270. The maximum Gasteiger partial charge on any atom is 0.313 e. The summed E-state index contributed by atoms with van der Waals surface area (Å²) < 4.78 is 16.9. The van der Waals surface area contributed by atoms with Gasteiger partial charge in [0.1, 0.15) is 0 Å². The summed E-state index contributed by atoms with van der Waals surface area (Å²) in [5.74, 6) is 0. The van der Waals surface area contributed by atoms with Crippen LogP contribution in [-0.2, 0) is 4.57 Å². The van der Waals surface area contributed by atoms with Gasteiger partial charge in [-0.05, 0) is 62.1 Å². The van der Waals surface area contributed by atoms with Crippen molar-refractivity contribution in [3.05, 3.63) is 75.2 Å². The number of likely N-dealkylation sites (tertiary alicyclic amines) is 1. The molecule has 1 aliphatic carbocycles. The number of hydrazone groups is 1. The van der Waals surface area contributed by atoms with Gasteiger partial charge in [-0.1, -0.05) is 38.1 Å². The fourth-order valence-corrected chi connectivity index (χ4v) is 8.03. The summed E-state index contributed by atoms with van der Waals surface area (Å²) in [5.41, 5.74) is 3.94. The summed E-state index contributed by atoms with van der Waals surface area (Å²) in [6.07, 6.45) is 5.00. The molecule has 0 unspecified atom stereocenters. The van der Waals surface area contributed by atoms with E-state index in [2.05, 4.69) is 23.8 Å². The van der Waals surface area contributed by atoms with E-state index in [1.165, 1.54) is 18.6 Å². The molecule has 0 aromatic heterocycles. The number of nitrogens with zero attached hydrogens (tertiary/aromatic N) is 4. The highest BCUT2D eigenvalue weighted by Crippen LogP contribution is 2.66. The first-order valence-electron chi connectivity index (χ1n) is 12.2. The molecule has 2 heterocycles. The molecule has 1 saturated heterocycles. The van der Waals surface area contributed by atoms with Crippen molar-refractivity contribution in [2.24, 2.45) is 10.5 Å². The summed E-state index contributed by atoms with van der Waals surface area (Å²) in [6.45, 7) is 8.24. The van der Waals surface area contributed by atoms with Gasteiger partial charge in [-0.25, -0.2) is 0 Å². The number of hydrogen-bond acceptors (Lipinski definition) is 5. The van der Waals surface area contributed by atoms with Crippen molar-refractivity contribution in [1.29, 1.82) is 0 Å². The van der Waals surface area contributed by atoms with Crippen LogP contribution < -0.4 is 9.87 Å². The van der Waals surface area contributed by atoms with Crippen molar-refractivity contribution in [3.63, 3.8) is 0 Å². The minimum absolute atomic E-state index is 0.00586. The van der Waals surface area contributed by atoms with Gasteiger partial charge in [0.25, 0.3) is 5.69 Å². The predicted molar refractivity (Wildman–Crippen MR) is 141 cm³/mol. The van der Waals surface area contributed by atoms with Gasteiger partial charge in [-0.2, -0.15) is 9.88 Å². The van der Waals surface area contributed by atoms with E-state index in [0.29, 0.717) is 5.69 Å². The Labute approximate surface area is 206 Å². The van der Waals surface area contributed by atoms with Crippen molar-refractivity contribution in [3.8, 4) is 0 Å². The van der Waals surface area contributed by atoms with Gasteiger partial charge in [-0.15, -0.1) is 0 Å². The smallest absolute Gasteiger partial charge is 0.313 e. The third-order valence-corrected chi connectivity index (χ3v) is 9.57. The molecule has 5 rings (SSSR count). The van der Waals surface area contributed by atoms with Crippen LogP contribution in [0, 0.1) is 22.5 Å². The Morgan fingerprint density at radius 3 is 2.46 bits per heavy atom. The first-order chi connectivity index (χ1) is 16.7. The van der Waals surface area contributed by atoms with E-state index >= 15 is 4.57 Å². The maximum absolute atomic E-state index is 15.2. The normalized spacial score (nSPS) is 23.7. The number of aryl methyl sites for hydroxylation is 1. The Balaban J connectivity index is 1.70. The highest BCUT2D eigenvalue weighted by atomic mass is 31.2. The van der Waals surface area contributed by atoms with Crippen LogP contribution in [0.1, 0.15) is 51.5 Å². The molecular formula is C26H32N5O3P. The summed E-state index contributed by atoms with van der Waals surface area (Å²) >= 11 is 0. The lowest BCUT2D eigenvalue weighted by Gasteiger charge is -2.41. The quantitative estimate of drug-likeness (QED) is 0.277. The highest BCUT2D eigenvalue weighted by molar-refractivity contribution is 7.73. The predicted octanol–water partition coefficient (Wildman–Crippen LogP) is 6.90. The molecule has 3 aliphatic rings. The second-order valence-corrected chi connectivity index (χ2v) is 12.7. The molecule has 184 valence electrons. The summed E-state index contributed by atoms with van der Waals surface area (Å²) in [4.78, 5) is 13.5. The zero-order chi connectivity index (χ0) is 24.8. The lowest BCUT2D eigenvalue weighted by Crippen LogP contribution is -2.36. The Morgan fingerprint density at radius 2 is 1.77 bits per heavy atom. The number of rotatable bonds is 5. The van der Waals surface area contributed by atoms with Gasteiger partial charge < -0.3 is 9.99 Å². The van der Waals surface area contributed by atoms with Crippen LogP contribution in [0.2, 0.25) is 0 Å². The van der Waals surface area contributed by atoms with Gasteiger partial charge in [0.15, 0.2) is 0 Å². The van der Waals surface area contributed by atoms with Crippen molar-refractivity contribution in [2.75, 3.05) is 23.0 Å². The minimum atomic E-state index is -3.52. The number of allylic oxidation sites excluding steroid dienone is 2. The maximum atomic E-state index is 15.2. The zero-order valence-electron chi connectivity index (χ0n) is 20.5. The fraction of sp³-hybridized carbons (Fsp3) is 0.423. The number of nitrogens with one attached hydrogen (secondary N) is 1. The molecule has 8 nitrogen and oxygen atoms in total. The molecule has 2 aromatic rings. The van der Waals surface area contributed by atoms with E-state index in [9.17, 15) is 10.1 Å². The molecule has 1 fully saturated rings. The van der Waals surface area contributed by atoms with Crippen LogP contribution in [-0.4, -0.2) is 28.6 Å². The second kappa shape index (κ2) is 8.83. The number of non-ortho nitro benzene ring substituents is 1. The largest absolute Gasteiger partial charge is 0.374 e. The summed E-state index contributed by atoms with van der Waals surface area (Å²) in [7, 11) is -3.52. The lowest BCUT2D eigenvalue weighted by molar-refractivity contribution is -0.384. The van der Waals surface area contributed by atoms with Crippen LogP contribution in [0.15, 0.2) is 64.6 Å². The fourth-order valence-electron chi connectivity index (χ4n) is 5.33. The Morgan fingerprint density at radius 1 is 1.06 bits per heavy atom. The van der Waals surface area contributed by atoms with Gasteiger partial charge in [0.05, 0.1) is 27.3 Å². The number of nitro groups is 1. The van der Waals surface area contributed by atoms with Crippen LogP contribution in [0.3, 0.4) is 0 Å². The third-order valence-electron chi connectivity index (χ3n) is 7.05. The van der Waals surface area contributed by atoms with Gasteiger partial charge in [0.2, 0.25) is 0 Å². The highest BCUT2D eigenvalue weighted by Gasteiger charge is 2.51. The SMILES string of the molecule is Cc1ccc([N+](=O)[O-])cc1N[P@@]1(=O)C2=C(N3CCCCC3)CC(C)(C)CC2=NN1c1ccccc1. The second-order valence-electron chi connectivity index (χ2n) is 10.5. The molecule has 2 aromatic carbocycles. The number of para-hydroxylation sites is 1. The van der Waals surface area contributed by atoms with E-state index in [4.69, 9.17) is 5.10 Å². The van der Waals surface area contributed by atoms with Crippen LogP contribution in [0.25, 0.3) is 0 Å².